The van der Waals surface area contributed by atoms with E-state index in [1.807, 2.05) is 30.3 Å². The maximum Gasteiger partial charge on any atom is 0.134 e. The predicted molar refractivity (Wildman–Crippen MR) is 82.4 cm³/mol. The van der Waals surface area contributed by atoms with Gasteiger partial charge in [-0.1, -0.05) is 18.2 Å². The first-order valence-electron chi connectivity index (χ1n) is 6.33. The standard InChI is InChI=1S/C16H15BrN2O/c17-15-9-12(7-8-18)5-6-16(15)20-11-14-3-1-13(10-19)2-4-14/h1-6,9H,7-8,11,18H2. The van der Waals surface area contributed by atoms with Gasteiger partial charge >= 0.3 is 0 Å². The van der Waals surface area contributed by atoms with Gasteiger partial charge < -0.3 is 10.5 Å². The summed E-state index contributed by atoms with van der Waals surface area (Å²) in [6.07, 6.45) is 0.856. The summed E-state index contributed by atoms with van der Waals surface area (Å²) in [5.74, 6) is 0.801. The molecule has 0 atom stereocenters. The van der Waals surface area contributed by atoms with Crippen molar-refractivity contribution in [2.75, 3.05) is 6.54 Å². The molecule has 0 aliphatic heterocycles. The van der Waals surface area contributed by atoms with Gasteiger partial charge in [-0.2, -0.15) is 5.26 Å². The van der Waals surface area contributed by atoms with Gasteiger partial charge in [-0.15, -0.1) is 0 Å². The molecule has 0 saturated heterocycles. The van der Waals surface area contributed by atoms with E-state index in [9.17, 15) is 0 Å². The lowest BCUT2D eigenvalue weighted by Crippen LogP contribution is -2.03. The molecule has 3 nitrogen and oxygen atoms in total. The van der Waals surface area contributed by atoms with E-state index in [0.717, 1.165) is 22.2 Å². The minimum absolute atomic E-state index is 0.473. The third kappa shape index (κ3) is 3.83. The second-order valence-electron chi connectivity index (χ2n) is 4.40. The predicted octanol–water partition coefficient (Wildman–Crippen LogP) is 3.40. The Kier molecular flexibility index (Phi) is 5.16. The Hall–Kier alpha value is -1.83. The van der Waals surface area contributed by atoms with Crippen molar-refractivity contribution in [3.8, 4) is 11.8 Å². The molecule has 0 bridgehead atoms. The summed E-state index contributed by atoms with van der Waals surface area (Å²) in [6.45, 7) is 1.11. The molecule has 0 amide bonds. The van der Waals surface area contributed by atoms with E-state index in [2.05, 4.69) is 22.0 Å². The van der Waals surface area contributed by atoms with Crippen LogP contribution in [0.3, 0.4) is 0 Å². The highest BCUT2D eigenvalue weighted by molar-refractivity contribution is 9.10. The summed E-state index contributed by atoms with van der Waals surface area (Å²) in [4.78, 5) is 0. The zero-order chi connectivity index (χ0) is 14.4. The van der Waals surface area contributed by atoms with Crippen LogP contribution in [0.1, 0.15) is 16.7 Å². The van der Waals surface area contributed by atoms with E-state index in [0.29, 0.717) is 18.7 Å². The molecule has 0 radical (unpaired) electrons. The molecule has 0 aromatic heterocycles. The number of hydrogen-bond acceptors (Lipinski definition) is 3. The fraction of sp³-hybridized carbons (Fsp3) is 0.188. The molecule has 0 fully saturated rings. The molecule has 2 N–H and O–H groups in total. The molecule has 0 saturated carbocycles. The molecular formula is C16H15BrN2O. The molecule has 2 aromatic rings. The van der Waals surface area contributed by atoms with Crippen LogP contribution in [0, 0.1) is 11.3 Å². The Morgan fingerprint density at radius 3 is 2.40 bits per heavy atom. The highest BCUT2D eigenvalue weighted by Gasteiger charge is 2.03. The third-order valence-corrected chi connectivity index (χ3v) is 3.53. The van der Waals surface area contributed by atoms with Crippen LogP contribution in [-0.2, 0) is 13.0 Å². The average molecular weight is 331 g/mol. The summed E-state index contributed by atoms with van der Waals surface area (Å²) < 4.78 is 6.70. The molecule has 0 aliphatic carbocycles. The van der Waals surface area contributed by atoms with Crippen molar-refractivity contribution in [2.24, 2.45) is 5.73 Å². The van der Waals surface area contributed by atoms with Gasteiger partial charge in [0.2, 0.25) is 0 Å². The number of hydrogen-bond donors (Lipinski definition) is 1. The summed E-state index contributed by atoms with van der Waals surface area (Å²) in [7, 11) is 0. The normalized spacial score (nSPS) is 10.1. The van der Waals surface area contributed by atoms with Crippen molar-refractivity contribution in [1.29, 1.82) is 5.26 Å². The maximum absolute atomic E-state index is 8.75. The molecular weight excluding hydrogens is 316 g/mol. The lowest BCUT2D eigenvalue weighted by molar-refractivity contribution is 0.304. The average Bonchev–Trinajstić information content (AvgIpc) is 2.47. The van der Waals surface area contributed by atoms with Crippen LogP contribution in [0.2, 0.25) is 0 Å². The van der Waals surface area contributed by atoms with Crippen molar-refractivity contribution in [1.82, 2.24) is 0 Å². The highest BCUT2D eigenvalue weighted by Crippen LogP contribution is 2.27. The van der Waals surface area contributed by atoms with E-state index < -0.39 is 0 Å². The van der Waals surface area contributed by atoms with E-state index in [1.165, 1.54) is 5.56 Å². The second-order valence-corrected chi connectivity index (χ2v) is 5.26. The van der Waals surface area contributed by atoms with Crippen LogP contribution >= 0.6 is 15.9 Å². The molecule has 0 unspecified atom stereocenters. The summed E-state index contributed by atoms with van der Waals surface area (Å²) in [6, 6.07) is 15.5. The number of benzene rings is 2. The SMILES string of the molecule is N#Cc1ccc(COc2ccc(CCN)cc2Br)cc1. The third-order valence-electron chi connectivity index (χ3n) is 2.91. The minimum Gasteiger partial charge on any atom is -0.488 e. The van der Waals surface area contributed by atoms with Gasteiger partial charge in [-0.3, -0.25) is 0 Å². The first-order chi connectivity index (χ1) is 9.72. The Morgan fingerprint density at radius 1 is 1.10 bits per heavy atom. The number of nitriles is 1. The molecule has 2 rings (SSSR count). The van der Waals surface area contributed by atoms with E-state index >= 15 is 0 Å². The number of halogens is 1. The van der Waals surface area contributed by atoms with Gasteiger partial charge in [0.25, 0.3) is 0 Å². The first-order valence-corrected chi connectivity index (χ1v) is 7.12. The zero-order valence-corrected chi connectivity index (χ0v) is 12.6. The lowest BCUT2D eigenvalue weighted by Gasteiger charge is -2.09. The van der Waals surface area contributed by atoms with Gasteiger partial charge in [-0.25, -0.2) is 0 Å². The van der Waals surface area contributed by atoms with Gasteiger partial charge in [0.15, 0.2) is 0 Å². The Bertz CT molecular complexity index is 617. The van der Waals surface area contributed by atoms with Crippen LogP contribution in [0.25, 0.3) is 0 Å². The maximum atomic E-state index is 8.75. The van der Waals surface area contributed by atoms with Crippen molar-refractivity contribution >= 4 is 15.9 Å². The van der Waals surface area contributed by atoms with Crippen molar-refractivity contribution in [3.05, 3.63) is 63.6 Å². The minimum atomic E-state index is 0.473. The summed E-state index contributed by atoms with van der Waals surface area (Å²) >= 11 is 3.50. The van der Waals surface area contributed by atoms with Crippen LogP contribution in [0.4, 0.5) is 0 Å². The first kappa shape index (κ1) is 14.6. The van der Waals surface area contributed by atoms with Crippen molar-refractivity contribution in [2.45, 2.75) is 13.0 Å². The topological polar surface area (TPSA) is 59.0 Å². The zero-order valence-electron chi connectivity index (χ0n) is 11.0. The molecule has 0 spiro atoms. The molecule has 102 valence electrons. The Balaban J connectivity index is 2.01. The van der Waals surface area contributed by atoms with E-state index in [1.54, 1.807) is 12.1 Å². The van der Waals surface area contributed by atoms with Crippen LogP contribution in [0.5, 0.6) is 5.75 Å². The van der Waals surface area contributed by atoms with E-state index in [-0.39, 0.29) is 0 Å². The number of ether oxygens (including phenoxy) is 1. The second kappa shape index (κ2) is 7.09. The summed E-state index contributed by atoms with van der Waals surface area (Å²) in [5, 5.41) is 8.75. The van der Waals surface area contributed by atoms with Crippen LogP contribution in [0.15, 0.2) is 46.9 Å². The largest absolute Gasteiger partial charge is 0.488 e. The highest BCUT2D eigenvalue weighted by atomic mass is 79.9. The van der Waals surface area contributed by atoms with Gasteiger partial charge in [-0.05, 0) is 64.3 Å². The van der Waals surface area contributed by atoms with Crippen molar-refractivity contribution < 1.29 is 4.74 Å². The van der Waals surface area contributed by atoms with Gasteiger partial charge in [0, 0.05) is 0 Å². The van der Waals surface area contributed by atoms with Crippen molar-refractivity contribution in [3.63, 3.8) is 0 Å². The quantitative estimate of drug-likeness (QED) is 0.913. The molecule has 0 heterocycles. The van der Waals surface area contributed by atoms with Gasteiger partial charge in [0.05, 0.1) is 16.1 Å². The fourth-order valence-corrected chi connectivity index (χ4v) is 2.36. The molecule has 2 aromatic carbocycles. The van der Waals surface area contributed by atoms with Crippen LogP contribution in [-0.4, -0.2) is 6.54 Å². The lowest BCUT2D eigenvalue weighted by atomic mass is 10.1. The molecule has 20 heavy (non-hydrogen) atoms. The Labute approximate surface area is 127 Å². The number of nitrogens with two attached hydrogens (primary N) is 1. The molecule has 4 heteroatoms. The smallest absolute Gasteiger partial charge is 0.134 e. The summed E-state index contributed by atoms with van der Waals surface area (Å²) in [5.41, 5.74) is 8.41. The number of rotatable bonds is 5. The van der Waals surface area contributed by atoms with E-state index in [4.69, 9.17) is 15.7 Å². The van der Waals surface area contributed by atoms with Crippen LogP contribution < -0.4 is 10.5 Å². The fourth-order valence-electron chi connectivity index (χ4n) is 1.82. The van der Waals surface area contributed by atoms with Gasteiger partial charge in [0.1, 0.15) is 12.4 Å². The number of nitrogens with zero attached hydrogens (tertiary/aromatic N) is 1. The monoisotopic (exact) mass is 330 g/mol. The molecule has 0 aliphatic rings. The Morgan fingerprint density at radius 2 is 1.80 bits per heavy atom.